The zero-order chi connectivity index (χ0) is 13.9. The summed E-state index contributed by atoms with van der Waals surface area (Å²) in [6.07, 6.45) is 5.66. The van der Waals surface area contributed by atoms with Crippen molar-refractivity contribution in [2.45, 2.75) is 44.2 Å². The lowest BCUT2D eigenvalue weighted by atomic mass is 9.84. The molecular weight excluding hydrogens is 292 g/mol. The largest absolute Gasteiger partial charge is 0.379 e. The number of carbonyl (C=O) groups excluding carboxylic acids is 1. The fraction of sp³-hybridized carbons (Fsp3) is 0.933. The topological polar surface area (TPSA) is 73.6 Å². The van der Waals surface area contributed by atoms with Gasteiger partial charge < -0.3 is 20.5 Å². The van der Waals surface area contributed by atoms with Crippen molar-refractivity contribution in [3.8, 4) is 0 Å². The lowest BCUT2D eigenvalue weighted by molar-refractivity contribution is -0.127. The van der Waals surface area contributed by atoms with E-state index >= 15 is 0 Å². The molecule has 0 aromatic heterocycles. The summed E-state index contributed by atoms with van der Waals surface area (Å²) >= 11 is 0. The van der Waals surface area contributed by atoms with Crippen molar-refractivity contribution in [1.82, 2.24) is 5.32 Å². The first-order chi connectivity index (χ1) is 9.75. The average Bonchev–Trinajstić information content (AvgIpc) is 3.14. The van der Waals surface area contributed by atoms with Gasteiger partial charge in [-0.3, -0.25) is 4.79 Å². The summed E-state index contributed by atoms with van der Waals surface area (Å²) in [6.45, 7) is 2.90. The van der Waals surface area contributed by atoms with Gasteiger partial charge >= 0.3 is 0 Å². The molecule has 0 aromatic rings. The molecule has 5 unspecified atom stereocenters. The number of rotatable bonds is 6. The second kappa shape index (κ2) is 7.77. The van der Waals surface area contributed by atoms with Crippen LogP contribution in [0.2, 0.25) is 0 Å². The number of nitrogens with one attached hydrogen (secondary N) is 1. The lowest BCUT2D eigenvalue weighted by Crippen LogP contribution is -2.45. The Hall–Kier alpha value is -0.360. The van der Waals surface area contributed by atoms with Crippen LogP contribution in [0.4, 0.5) is 0 Å². The first-order valence-electron chi connectivity index (χ1n) is 7.98. The number of ether oxygens (including phenoxy) is 2. The summed E-state index contributed by atoms with van der Waals surface area (Å²) < 4.78 is 10.9. The SMILES string of the molecule is Cl.NC1C2CCC(C2)C1C(=O)NCCCOC1CCOC1. The van der Waals surface area contributed by atoms with Crippen molar-refractivity contribution in [2.24, 2.45) is 23.5 Å². The van der Waals surface area contributed by atoms with Crippen molar-refractivity contribution in [3.63, 3.8) is 0 Å². The van der Waals surface area contributed by atoms with Crippen molar-refractivity contribution >= 4 is 18.3 Å². The van der Waals surface area contributed by atoms with E-state index in [9.17, 15) is 4.79 Å². The number of halogens is 1. The number of hydrogen-bond acceptors (Lipinski definition) is 4. The molecule has 6 heteroatoms. The predicted octanol–water partition coefficient (Wildman–Crippen LogP) is 1.09. The molecule has 0 radical (unpaired) electrons. The molecule has 0 spiro atoms. The molecule has 3 aliphatic rings. The van der Waals surface area contributed by atoms with Gasteiger partial charge in [-0.25, -0.2) is 0 Å². The first-order valence-corrected chi connectivity index (χ1v) is 7.98. The molecule has 1 amide bonds. The summed E-state index contributed by atoms with van der Waals surface area (Å²) in [7, 11) is 0. The molecular formula is C15H27ClN2O3. The van der Waals surface area contributed by atoms with E-state index in [1.807, 2.05) is 0 Å². The van der Waals surface area contributed by atoms with Crippen LogP contribution in [0.1, 0.15) is 32.1 Å². The molecule has 2 saturated carbocycles. The fourth-order valence-electron chi connectivity index (χ4n) is 4.02. The van der Waals surface area contributed by atoms with Gasteiger partial charge in [0.15, 0.2) is 0 Å². The minimum absolute atomic E-state index is 0. The van der Waals surface area contributed by atoms with Crippen molar-refractivity contribution in [2.75, 3.05) is 26.4 Å². The predicted molar refractivity (Wildman–Crippen MR) is 82.3 cm³/mol. The average molecular weight is 319 g/mol. The van der Waals surface area contributed by atoms with Gasteiger partial charge in [0.1, 0.15) is 0 Å². The highest BCUT2D eigenvalue weighted by atomic mass is 35.5. The molecule has 1 saturated heterocycles. The summed E-state index contributed by atoms with van der Waals surface area (Å²) in [5.41, 5.74) is 6.18. The third-order valence-electron chi connectivity index (χ3n) is 5.15. The van der Waals surface area contributed by atoms with Gasteiger partial charge in [0.25, 0.3) is 0 Å². The Bertz CT molecular complexity index is 348. The van der Waals surface area contributed by atoms with Crippen LogP contribution in [0.3, 0.4) is 0 Å². The van der Waals surface area contributed by atoms with Gasteiger partial charge in [0.2, 0.25) is 5.91 Å². The molecule has 3 N–H and O–H groups in total. The van der Waals surface area contributed by atoms with Crippen LogP contribution in [-0.4, -0.2) is 44.4 Å². The molecule has 5 nitrogen and oxygen atoms in total. The van der Waals surface area contributed by atoms with E-state index in [0.29, 0.717) is 31.6 Å². The Morgan fingerprint density at radius 3 is 2.76 bits per heavy atom. The van der Waals surface area contributed by atoms with E-state index in [2.05, 4.69) is 5.32 Å². The number of amides is 1. The first kappa shape index (κ1) is 17.0. The number of nitrogens with two attached hydrogens (primary N) is 1. The highest BCUT2D eigenvalue weighted by molar-refractivity contribution is 5.85. The molecule has 3 fully saturated rings. The summed E-state index contributed by atoms with van der Waals surface area (Å²) in [5.74, 6) is 1.33. The molecule has 0 aromatic carbocycles. The summed E-state index contributed by atoms with van der Waals surface area (Å²) in [6, 6.07) is 0.0839. The van der Waals surface area contributed by atoms with Crippen molar-refractivity contribution in [3.05, 3.63) is 0 Å². The standard InChI is InChI=1S/C15H26N2O3.ClH/c16-14-11-3-2-10(8-11)13(14)15(18)17-5-1-6-20-12-4-7-19-9-12;/h10-14H,1-9,16H2,(H,17,18);1H. The number of hydrogen-bond donors (Lipinski definition) is 2. The van der Waals surface area contributed by atoms with E-state index in [1.165, 1.54) is 12.8 Å². The Kier molecular flexibility index (Phi) is 6.29. The molecule has 3 rings (SSSR count). The van der Waals surface area contributed by atoms with Crippen molar-refractivity contribution in [1.29, 1.82) is 0 Å². The van der Waals surface area contributed by atoms with Crippen LogP contribution in [-0.2, 0) is 14.3 Å². The van der Waals surface area contributed by atoms with Crippen LogP contribution in [0.15, 0.2) is 0 Å². The van der Waals surface area contributed by atoms with E-state index in [-0.39, 0.29) is 36.4 Å². The molecule has 21 heavy (non-hydrogen) atoms. The lowest BCUT2D eigenvalue weighted by Gasteiger charge is -2.27. The molecule has 122 valence electrons. The maximum atomic E-state index is 12.2. The van der Waals surface area contributed by atoms with Gasteiger partial charge in [-0.2, -0.15) is 0 Å². The Morgan fingerprint density at radius 1 is 1.29 bits per heavy atom. The Balaban J connectivity index is 0.00000161. The van der Waals surface area contributed by atoms with E-state index in [1.54, 1.807) is 0 Å². The van der Waals surface area contributed by atoms with Crippen molar-refractivity contribution < 1.29 is 14.3 Å². The van der Waals surface area contributed by atoms with Crippen LogP contribution >= 0.6 is 12.4 Å². The normalized spacial score (nSPS) is 37.5. The van der Waals surface area contributed by atoms with Gasteiger partial charge in [-0.15, -0.1) is 12.4 Å². The highest BCUT2D eigenvalue weighted by Gasteiger charge is 2.48. The maximum absolute atomic E-state index is 12.2. The van der Waals surface area contributed by atoms with Crippen LogP contribution in [0.5, 0.6) is 0 Å². The third-order valence-corrected chi connectivity index (χ3v) is 5.15. The Labute approximate surface area is 132 Å². The minimum Gasteiger partial charge on any atom is -0.379 e. The molecule has 1 aliphatic heterocycles. The van der Waals surface area contributed by atoms with Gasteiger partial charge in [-0.1, -0.05) is 0 Å². The highest BCUT2D eigenvalue weighted by Crippen LogP contribution is 2.47. The quantitative estimate of drug-likeness (QED) is 0.719. The van der Waals surface area contributed by atoms with Gasteiger partial charge in [0.05, 0.1) is 18.6 Å². The zero-order valence-corrected chi connectivity index (χ0v) is 13.3. The fourth-order valence-corrected chi connectivity index (χ4v) is 4.02. The summed E-state index contributed by atoms with van der Waals surface area (Å²) in [5, 5.41) is 3.04. The smallest absolute Gasteiger partial charge is 0.224 e. The molecule has 5 atom stereocenters. The molecule has 2 aliphatic carbocycles. The zero-order valence-electron chi connectivity index (χ0n) is 12.5. The van der Waals surface area contributed by atoms with Crippen LogP contribution < -0.4 is 11.1 Å². The monoisotopic (exact) mass is 318 g/mol. The summed E-state index contributed by atoms with van der Waals surface area (Å²) in [4.78, 5) is 12.2. The third kappa shape index (κ3) is 3.89. The number of carbonyl (C=O) groups is 1. The second-order valence-electron chi connectivity index (χ2n) is 6.44. The second-order valence-corrected chi connectivity index (χ2v) is 6.44. The van der Waals surface area contributed by atoms with E-state index in [0.717, 1.165) is 25.9 Å². The van der Waals surface area contributed by atoms with Gasteiger partial charge in [0, 0.05) is 25.8 Å². The van der Waals surface area contributed by atoms with E-state index < -0.39 is 0 Å². The molecule has 2 bridgehead atoms. The molecule has 1 heterocycles. The minimum atomic E-state index is 0. The van der Waals surface area contributed by atoms with Gasteiger partial charge in [-0.05, 0) is 43.9 Å². The van der Waals surface area contributed by atoms with Crippen LogP contribution in [0.25, 0.3) is 0 Å². The maximum Gasteiger partial charge on any atom is 0.224 e. The Morgan fingerprint density at radius 2 is 2.10 bits per heavy atom. The van der Waals surface area contributed by atoms with Crippen LogP contribution in [0, 0.1) is 17.8 Å². The number of fused-ring (bicyclic) bond motifs is 2. The van der Waals surface area contributed by atoms with E-state index in [4.69, 9.17) is 15.2 Å².